The molecule has 8 heteroatoms. The zero-order valence-electron chi connectivity index (χ0n) is 13.1. The van der Waals surface area contributed by atoms with Gasteiger partial charge in [0, 0.05) is 33.8 Å². The summed E-state index contributed by atoms with van der Waals surface area (Å²) in [4.78, 5) is 24.0. The van der Waals surface area contributed by atoms with Crippen molar-refractivity contribution in [2.24, 2.45) is 5.84 Å². The van der Waals surface area contributed by atoms with Gasteiger partial charge in [-0.15, -0.1) is 0 Å². The quantitative estimate of drug-likeness (QED) is 0.523. The molecule has 1 rings (SSSR count). The maximum atomic E-state index is 11.9. The van der Waals surface area contributed by atoms with Crippen molar-refractivity contribution < 1.29 is 9.53 Å². The second kappa shape index (κ2) is 8.38. The molecule has 0 aliphatic carbocycles. The van der Waals surface area contributed by atoms with E-state index in [9.17, 15) is 4.79 Å². The van der Waals surface area contributed by atoms with Gasteiger partial charge in [0.1, 0.15) is 18.2 Å². The van der Waals surface area contributed by atoms with Crippen molar-refractivity contribution in [3.05, 3.63) is 11.9 Å². The molecule has 1 aromatic rings. The summed E-state index contributed by atoms with van der Waals surface area (Å²) in [7, 11) is 5.04. The molecule has 0 saturated carbocycles. The van der Waals surface area contributed by atoms with E-state index in [-0.39, 0.29) is 19.1 Å². The van der Waals surface area contributed by atoms with Gasteiger partial charge in [-0.1, -0.05) is 6.92 Å². The zero-order chi connectivity index (χ0) is 15.8. The number of nitrogens with two attached hydrogens (primary N) is 1. The lowest BCUT2D eigenvalue weighted by Gasteiger charge is -2.25. The lowest BCUT2D eigenvalue weighted by Crippen LogP contribution is -2.37. The molecule has 0 radical (unpaired) electrons. The number of rotatable bonds is 8. The van der Waals surface area contributed by atoms with Gasteiger partial charge in [-0.05, 0) is 6.42 Å². The van der Waals surface area contributed by atoms with Gasteiger partial charge >= 0.3 is 0 Å². The fraction of sp³-hybridized carbons (Fsp3) is 0.615. The third-order valence-corrected chi connectivity index (χ3v) is 2.82. The van der Waals surface area contributed by atoms with Crippen LogP contribution in [0.3, 0.4) is 0 Å². The lowest BCUT2D eigenvalue weighted by atomic mass is 10.3. The first-order chi connectivity index (χ1) is 10.0. The van der Waals surface area contributed by atoms with Gasteiger partial charge in [-0.2, -0.15) is 0 Å². The second-order valence-corrected chi connectivity index (χ2v) is 4.81. The molecule has 21 heavy (non-hydrogen) atoms. The fourth-order valence-corrected chi connectivity index (χ4v) is 1.76. The SMILES string of the molecule is CCCN(CC(=O)N(C)C)c1cc(NN)nc(COC)n1. The number of hydrogen-bond acceptors (Lipinski definition) is 7. The Bertz CT molecular complexity index is 466. The third kappa shape index (κ3) is 5.16. The molecular formula is C13H24N6O2. The zero-order valence-corrected chi connectivity index (χ0v) is 13.1. The Morgan fingerprint density at radius 1 is 1.43 bits per heavy atom. The molecule has 0 aliphatic heterocycles. The van der Waals surface area contributed by atoms with E-state index in [2.05, 4.69) is 15.4 Å². The minimum absolute atomic E-state index is 0.0117. The molecule has 118 valence electrons. The number of methoxy groups -OCH3 is 1. The Morgan fingerprint density at radius 3 is 2.67 bits per heavy atom. The van der Waals surface area contributed by atoms with Crippen LogP contribution in [0, 0.1) is 0 Å². The molecule has 0 saturated heterocycles. The first kappa shape index (κ1) is 17.1. The molecule has 1 aromatic heterocycles. The van der Waals surface area contributed by atoms with Gasteiger partial charge in [0.25, 0.3) is 0 Å². The molecule has 0 aromatic carbocycles. The van der Waals surface area contributed by atoms with E-state index in [1.807, 2.05) is 11.8 Å². The summed E-state index contributed by atoms with van der Waals surface area (Å²) in [6.45, 7) is 3.30. The number of ether oxygens (including phenoxy) is 1. The lowest BCUT2D eigenvalue weighted by molar-refractivity contribution is -0.127. The Morgan fingerprint density at radius 2 is 2.14 bits per heavy atom. The topological polar surface area (TPSA) is 96.6 Å². The highest BCUT2D eigenvalue weighted by atomic mass is 16.5. The molecule has 1 amide bonds. The molecule has 0 bridgehead atoms. The van der Waals surface area contributed by atoms with Crippen LogP contribution in [0.5, 0.6) is 0 Å². The summed E-state index contributed by atoms with van der Waals surface area (Å²) in [5.74, 6) is 7.11. The van der Waals surface area contributed by atoms with Crippen molar-refractivity contribution in [2.45, 2.75) is 20.0 Å². The average Bonchev–Trinajstić information content (AvgIpc) is 2.46. The minimum atomic E-state index is 0.0117. The third-order valence-electron chi connectivity index (χ3n) is 2.82. The molecule has 0 fully saturated rings. The average molecular weight is 296 g/mol. The summed E-state index contributed by atoms with van der Waals surface area (Å²) in [6, 6.07) is 1.72. The smallest absolute Gasteiger partial charge is 0.241 e. The predicted molar refractivity (Wildman–Crippen MR) is 81.8 cm³/mol. The van der Waals surface area contributed by atoms with E-state index in [0.717, 1.165) is 6.42 Å². The number of nitrogens with one attached hydrogen (secondary N) is 1. The Hall–Kier alpha value is -1.93. The number of nitrogen functional groups attached to an aromatic ring is 1. The van der Waals surface area contributed by atoms with E-state index in [0.29, 0.717) is 24.0 Å². The van der Waals surface area contributed by atoms with E-state index in [1.54, 1.807) is 32.2 Å². The van der Waals surface area contributed by atoms with Crippen molar-refractivity contribution in [1.29, 1.82) is 0 Å². The molecule has 0 unspecified atom stereocenters. The van der Waals surface area contributed by atoms with Crippen molar-refractivity contribution in [1.82, 2.24) is 14.9 Å². The number of aromatic nitrogens is 2. The summed E-state index contributed by atoms with van der Waals surface area (Å²) in [6.07, 6.45) is 0.899. The van der Waals surface area contributed by atoms with Crippen LogP contribution in [0.15, 0.2) is 6.07 Å². The second-order valence-electron chi connectivity index (χ2n) is 4.81. The summed E-state index contributed by atoms with van der Waals surface area (Å²) in [5.41, 5.74) is 2.51. The number of carbonyl (C=O) groups excluding carboxylic acids is 1. The normalized spacial score (nSPS) is 10.3. The standard InChI is InChI=1S/C13H24N6O2/c1-5-6-19(8-13(20)18(2)3)12-7-10(17-14)15-11(16-12)9-21-4/h7H,5-6,8-9,14H2,1-4H3,(H,15,16,17). The maximum Gasteiger partial charge on any atom is 0.241 e. The summed E-state index contributed by atoms with van der Waals surface area (Å²) < 4.78 is 5.05. The Labute approximate surface area is 125 Å². The van der Waals surface area contributed by atoms with Gasteiger partial charge < -0.3 is 20.0 Å². The number of carbonyl (C=O) groups is 1. The largest absolute Gasteiger partial charge is 0.377 e. The van der Waals surface area contributed by atoms with Crippen LogP contribution >= 0.6 is 0 Å². The van der Waals surface area contributed by atoms with E-state index >= 15 is 0 Å². The number of anilines is 2. The molecule has 8 nitrogen and oxygen atoms in total. The number of amides is 1. The van der Waals surface area contributed by atoms with Gasteiger partial charge in [-0.25, -0.2) is 15.8 Å². The van der Waals surface area contributed by atoms with Crippen LogP contribution in [0.4, 0.5) is 11.6 Å². The van der Waals surface area contributed by atoms with E-state index in [1.165, 1.54) is 0 Å². The van der Waals surface area contributed by atoms with Crippen LogP contribution in [0.1, 0.15) is 19.2 Å². The van der Waals surface area contributed by atoms with Gasteiger partial charge in [-0.3, -0.25) is 4.79 Å². The van der Waals surface area contributed by atoms with Crippen LogP contribution in [-0.4, -0.2) is 55.1 Å². The van der Waals surface area contributed by atoms with Gasteiger partial charge in [0.2, 0.25) is 5.91 Å². The number of nitrogens with zero attached hydrogens (tertiary/aromatic N) is 4. The summed E-state index contributed by atoms with van der Waals surface area (Å²) >= 11 is 0. The number of likely N-dealkylation sites (N-methyl/N-ethyl adjacent to an activating group) is 1. The molecule has 3 N–H and O–H groups in total. The first-order valence-electron chi connectivity index (χ1n) is 6.80. The molecule has 0 atom stereocenters. The van der Waals surface area contributed by atoms with Crippen LogP contribution < -0.4 is 16.2 Å². The highest BCUT2D eigenvalue weighted by Crippen LogP contribution is 2.16. The molecule has 1 heterocycles. The van der Waals surface area contributed by atoms with Crippen LogP contribution in [-0.2, 0) is 16.1 Å². The van der Waals surface area contributed by atoms with Crippen molar-refractivity contribution >= 4 is 17.5 Å². The predicted octanol–water partition coefficient (Wildman–Crippen LogP) is 0.213. The van der Waals surface area contributed by atoms with Crippen molar-refractivity contribution in [3.63, 3.8) is 0 Å². The Balaban J connectivity index is 3.05. The number of hydrogen-bond donors (Lipinski definition) is 2. The van der Waals surface area contributed by atoms with Gasteiger partial charge in [0.15, 0.2) is 5.82 Å². The Kier molecular flexibility index (Phi) is 6.83. The molecule has 0 spiro atoms. The van der Waals surface area contributed by atoms with Crippen molar-refractivity contribution in [3.8, 4) is 0 Å². The summed E-state index contributed by atoms with van der Waals surface area (Å²) in [5, 5.41) is 0. The first-order valence-corrected chi connectivity index (χ1v) is 6.80. The van der Waals surface area contributed by atoms with Gasteiger partial charge in [0.05, 0.1) is 6.54 Å². The molecule has 0 aliphatic rings. The fourth-order valence-electron chi connectivity index (χ4n) is 1.76. The van der Waals surface area contributed by atoms with E-state index in [4.69, 9.17) is 10.6 Å². The van der Waals surface area contributed by atoms with Crippen LogP contribution in [0.25, 0.3) is 0 Å². The van der Waals surface area contributed by atoms with Crippen molar-refractivity contribution in [2.75, 3.05) is 44.6 Å². The molecular weight excluding hydrogens is 272 g/mol. The maximum absolute atomic E-state index is 11.9. The number of hydrazine groups is 1. The van der Waals surface area contributed by atoms with E-state index < -0.39 is 0 Å². The highest BCUT2D eigenvalue weighted by molar-refractivity contribution is 5.80. The monoisotopic (exact) mass is 296 g/mol. The minimum Gasteiger partial charge on any atom is -0.377 e. The van der Waals surface area contributed by atoms with Crippen LogP contribution in [0.2, 0.25) is 0 Å². The highest BCUT2D eigenvalue weighted by Gasteiger charge is 2.15.